The van der Waals surface area contributed by atoms with Crippen molar-refractivity contribution in [2.75, 3.05) is 0 Å². The van der Waals surface area contributed by atoms with Gasteiger partial charge in [0.05, 0.1) is 20.5 Å². The van der Waals surface area contributed by atoms with Crippen molar-refractivity contribution in [1.82, 2.24) is 4.98 Å². The van der Waals surface area contributed by atoms with Crippen LogP contribution in [0, 0.1) is 17.0 Å². The van der Waals surface area contributed by atoms with Crippen LogP contribution in [0.3, 0.4) is 0 Å². The number of allylic oxidation sites excluding steroid dienone is 1. The lowest BCUT2D eigenvalue weighted by Gasteiger charge is -2.13. The standard InChI is InChI=1S/C17H18N2O3S/c1-11-15(23-16(18-11)17(2,3)4)14(20)10-7-12-5-8-13(9-6-12)19(21)22/h5-10H,1-4H3/b10-7+. The molecule has 0 atom stereocenters. The molecule has 0 aliphatic carbocycles. The van der Waals surface area contributed by atoms with Crippen LogP contribution in [0.25, 0.3) is 6.08 Å². The predicted molar refractivity (Wildman–Crippen MR) is 92.0 cm³/mol. The predicted octanol–water partition coefficient (Wildman–Crippen LogP) is 4.55. The molecule has 0 saturated heterocycles. The molecule has 1 aromatic carbocycles. The Kier molecular flexibility index (Phi) is 4.75. The lowest BCUT2D eigenvalue weighted by atomic mass is 9.98. The number of thiazole rings is 1. The number of rotatable bonds is 4. The van der Waals surface area contributed by atoms with E-state index >= 15 is 0 Å². The maximum Gasteiger partial charge on any atom is 0.269 e. The fraction of sp³-hybridized carbons (Fsp3) is 0.294. The highest BCUT2D eigenvalue weighted by Crippen LogP contribution is 2.29. The summed E-state index contributed by atoms with van der Waals surface area (Å²) in [6.45, 7) is 8.02. The van der Waals surface area contributed by atoms with Crippen LogP contribution in [-0.4, -0.2) is 15.7 Å². The molecule has 6 heteroatoms. The second-order valence-corrected chi connectivity index (χ2v) is 7.23. The molecule has 0 bridgehead atoms. The number of nitro groups is 1. The number of hydrogen-bond acceptors (Lipinski definition) is 5. The van der Waals surface area contributed by atoms with Gasteiger partial charge in [-0.15, -0.1) is 11.3 Å². The highest BCUT2D eigenvalue weighted by atomic mass is 32.1. The molecular weight excluding hydrogens is 312 g/mol. The Morgan fingerprint density at radius 1 is 1.26 bits per heavy atom. The van der Waals surface area contributed by atoms with Gasteiger partial charge in [0.1, 0.15) is 0 Å². The van der Waals surface area contributed by atoms with Crippen molar-refractivity contribution < 1.29 is 9.72 Å². The molecule has 0 spiro atoms. The smallest absolute Gasteiger partial charge is 0.269 e. The van der Waals surface area contributed by atoms with Crippen LogP contribution in [-0.2, 0) is 5.41 Å². The summed E-state index contributed by atoms with van der Waals surface area (Å²) < 4.78 is 0. The van der Waals surface area contributed by atoms with Crippen molar-refractivity contribution in [1.29, 1.82) is 0 Å². The van der Waals surface area contributed by atoms with Crippen LogP contribution < -0.4 is 0 Å². The third-order valence-electron chi connectivity index (χ3n) is 3.19. The minimum absolute atomic E-state index is 0.0293. The normalized spacial score (nSPS) is 11.8. The highest BCUT2D eigenvalue weighted by molar-refractivity contribution is 7.14. The lowest BCUT2D eigenvalue weighted by Crippen LogP contribution is -2.10. The number of carbonyl (C=O) groups excluding carboxylic acids is 1. The van der Waals surface area contributed by atoms with Crippen LogP contribution in [0.2, 0.25) is 0 Å². The minimum atomic E-state index is -0.451. The van der Waals surface area contributed by atoms with Gasteiger partial charge in [0.2, 0.25) is 0 Å². The average molecular weight is 330 g/mol. The van der Waals surface area contributed by atoms with E-state index in [0.717, 1.165) is 16.3 Å². The van der Waals surface area contributed by atoms with E-state index in [1.165, 1.54) is 29.5 Å². The quantitative estimate of drug-likeness (QED) is 0.357. The first-order valence-electron chi connectivity index (χ1n) is 7.13. The number of aryl methyl sites for hydroxylation is 1. The first-order chi connectivity index (χ1) is 10.7. The zero-order chi connectivity index (χ0) is 17.2. The molecule has 120 valence electrons. The Hall–Kier alpha value is -2.34. The zero-order valence-corrected chi connectivity index (χ0v) is 14.3. The Labute approximate surface area is 138 Å². The van der Waals surface area contributed by atoms with Crippen molar-refractivity contribution in [3.05, 3.63) is 61.6 Å². The van der Waals surface area contributed by atoms with Crippen molar-refractivity contribution >= 4 is 28.9 Å². The summed E-state index contributed by atoms with van der Waals surface area (Å²) >= 11 is 1.41. The van der Waals surface area contributed by atoms with E-state index in [1.807, 2.05) is 6.92 Å². The summed E-state index contributed by atoms with van der Waals surface area (Å²) in [5.74, 6) is -0.103. The number of non-ortho nitro benzene ring substituents is 1. The summed E-state index contributed by atoms with van der Waals surface area (Å²) in [4.78, 5) is 27.6. The van der Waals surface area contributed by atoms with E-state index < -0.39 is 4.92 Å². The molecule has 0 saturated carbocycles. The number of benzene rings is 1. The molecule has 0 radical (unpaired) electrons. The largest absolute Gasteiger partial charge is 0.288 e. The van der Waals surface area contributed by atoms with Crippen molar-refractivity contribution in [2.45, 2.75) is 33.1 Å². The fourth-order valence-corrected chi connectivity index (χ4v) is 2.94. The summed E-state index contributed by atoms with van der Waals surface area (Å²) in [5.41, 5.74) is 1.41. The first kappa shape index (κ1) is 17.0. The maximum absolute atomic E-state index is 12.3. The van der Waals surface area contributed by atoms with Gasteiger partial charge in [-0.3, -0.25) is 14.9 Å². The molecule has 0 N–H and O–H groups in total. The van der Waals surface area contributed by atoms with Crippen LogP contribution >= 0.6 is 11.3 Å². The van der Waals surface area contributed by atoms with E-state index in [0.29, 0.717) is 4.88 Å². The van der Waals surface area contributed by atoms with Gasteiger partial charge in [-0.25, -0.2) is 4.98 Å². The SMILES string of the molecule is Cc1nc(C(C)(C)C)sc1C(=O)/C=C/c1ccc([N+](=O)[O-])cc1. The maximum atomic E-state index is 12.3. The second kappa shape index (κ2) is 6.42. The van der Waals surface area contributed by atoms with Gasteiger partial charge >= 0.3 is 0 Å². The topological polar surface area (TPSA) is 73.1 Å². The van der Waals surface area contributed by atoms with Crippen LogP contribution in [0.15, 0.2) is 30.3 Å². The van der Waals surface area contributed by atoms with Gasteiger partial charge in [0, 0.05) is 17.5 Å². The number of nitro benzene ring substituents is 1. The minimum Gasteiger partial charge on any atom is -0.288 e. The molecule has 0 aliphatic rings. The third-order valence-corrected chi connectivity index (χ3v) is 4.79. The molecule has 5 nitrogen and oxygen atoms in total. The van der Waals surface area contributed by atoms with Gasteiger partial charge in [0.15, 0.2) is 5.78 Å². The second-order valence-electron chi connectivity index (χ2n) is 6.23. The third kappa shape index (κ3) is 4.10. The number of carbonyl (C=O) groups is 1. The summed E-state index contributed by atoms with van der Waals surface area (Å²) in [5, 5.41) is 11.5. The zero-order valence-electron chi connectivity index (χ0n) is 13.5. The van der Waals surface area contributed by atoms with Gasteiger partial charge in [-0.2, -0.15) is 0 Å². The lowest BCUT2D eigenvalue weighted by molar-refractivity contribution is -0.384. The molecule has 0 fully saturated rings. The fourth-order valence-electron chi connectivity index (χ4n) is 1.90. The van der Waals surface area contributed by atoms with Crippen LogP contribution in [0.1, 0.15) is 46.7 Å². The molecule has 2 aromatic rings. The number of hydrogen-bond donors (Lipinski definition) is 0. The van der Waals surface area contributed by atoms with Crippen molar-refractivity contribution in [2.24, 2.45) is 0 Å². The molecular formula is C17H18N2O3S. The molecule has 1 aromatic heterocycles. The number of nitrogens with zero attached hydrogens (tertiary/aromatic N) is 2. The molecule has 0 aliphatic heterocycles. The van der Waals surface area contributed by atoms with E-state index in [9.17, 15) is 14.9 Å². The van der Waals surface area contributed by atoms with Gasteiger partial charge in [-0.1, -0.05) is 26.8 Å². The van der Waals surface area contributed by atoms with Crippen molar-refractivity contribution in [3.63, 3.8) is 0 Å². The van der Waals surface area contributed by atoms with Crippen LogP contribution in [0.4, 0.5) is 5.69 Å². The highest BCUT2D eigenvalue weighted by Gasteiger charge is 2.22. The molecule has 0 amide bonds. The Morgan fingerprint density at radius 3 is 2.35 bits per heavy atom. The Bertz CT molecular complexity index is 768. The average Bonchev–Trinajstić information content (AvgIpc) is 2.87. The van der Waals surface area contributed by atoms with E-state index in [1.54, 1.807) is 18.2 Å². The monoisotopic (exact) mass is 330 g/mol. The molecule has 23 heavy (non-hydrogen) atoms. The van der Waals surface area contributed by atoms with Gasteiger partial charge in [-0.05, 0) is 30.7 Å². The first-order valence-corrected chi connectivity index (χ1v) is 7.95. The van der Waals surface area contributed by atoms with E-state index in [2.05, 4.69) is 25.8 Å². The molecule has 1 heterocycles. The molecule has 0 unspecified atom stereocenters. The molecule has 2 rings (SSSR count). The van der Waals surface area contributed by atoms with Crippen LogP contribution in [0.5, 0.6) is 0 Å². The Morgan fingerprint density at radius 2 is 1.87 bits per heavy atom. The number of aromatic nitrogens is 1. The van der Waals surface area contributed by atoms with Gasteiger partial charge < -0.3 is 0 Å². The van der Waals surface area contributed by atoms with Gasteiger partial charge in [0.25, 0.3) is 5.69 Å². The number of ketones is 1. The summed E-state index contributed by atoms with van der Waals surface area (Å²) in [7, 11) is 0. The van der Waals surface area contributed by atoms with Crippen molar-refractivity contribution in [3.8, 4) is 0 Å². The van der Waals surface area contributed by atoms with E-state index in [-0.39, 0.29) is 16.9 Å². The summed E-state index contributed by atoms with van der Waals surface area (Å²) in [6, 6.07) is 6.06. The summed E-state index contributed by atoms with van der Waals surface area (Å²) in [6.07, 6.45) is 3.14. The Balaban J connectivity index is 2.18. The van der Waals surface area contributed by atoms with E-state index in [4.69, 9.17) is 0 Å².